The number of anilines is 1. The first-order chi connectivity index (χ1) is 9.61. The summed E-state index contributed by atoms with van der Waals surface area (Å²) in [4.78, 5) is 16.2. The van der Waals surface area contributed by atoms with Crippen LogP contribution >= 0.6 is 11.6 Å². The van der Waals surface area contributed by atoms with Crippen LogP contribution in [0.25, 0.3) is 0 Å². The fraction of sp³-hybridized carbons (Fsp3) is 0.200. The predicted molar refractivity (Wildman–Crippen MR) is 77.6 cm³/mol. The van der Waals surface area contributed by atoms with Gasteiger partial charge in [-0.2, -0.15) is 0 Å². The van der Waals surface area contributed by atoms with Crippen LogP contribution in [-0.2, 0) is 6.42 Å². The number of hydrogen-bond acceptors (Lipinski definition) is 3. The van der Waals surface area contributed by atoms with Gasteiger partial charge in [-0.3, -0.25) is 4.79 Å². The van der Waals surface area contributed by atoms with E-state index in [1.54, 1.807) is 19.1 Å². The van der Waals surface area contributed by atoms with Gasteiger partial charge in [0.05, 0.1) is 6.61 Å². The van der Waals surface area contributed by atoms with Crippen molar-refractivity contribution < 1.29 is 9.53 Å². The first kappa shape index (κ1) is 12.9. The molecule has 0 fully saturated rings. The molecule has 0 saturated carbocycles. The Morgan fingerprint density at radius 2 is 2.20 bits per heavy atom. The Morgan fingerprint density at radius 3 is 3.00 bits per heavy atom. The van der Waals surface area contributed by atoms with E-state index < -0.39 is 0 Å². The van der Waals surface area contributed by atoms with E-state index in [0.717, 1.165) is 23.4 Å². The highest BCUT2D eigenvalue weighted by atomic mass is 35.5. The lowest BCUT2D eigenvalue weighted by Crippen LogP contribution is -2.12. The van der Waals surface area contributed by atoms with Crippen molar-refractivity contribution in [3.05, 3.63) is 52.3 Å². The van der Waals surface area contributed by atoms with Crippen LogP contribution in [0, 0.1) is 6.92 Å². The Hall–Kier alpha value is -2.07. The van der Waals surface area contributed by atoms with Crippen LogP contribution in [-0.4, -0.2) is 17.5 Å². The van der Waals surface area contributed by atoms with Crippen LogP contribution < -0.4 is 10.1 Å². The van der Waals surface area contributed by atoms with Gasteiger partial charge in [0.25, 0.3) is 5.91 Å². The molecule has 0 saturated heterocycles. The van der Waals surface area contributed by atoms with Crippen molar-refractivity contribution in [1.29, 1.82) is 0 Å². The molecule has 20 heavy (non-hydrogen) atoms. The molecule has 0 spiro atoms. The number of rotatable bonds is 2. The second-order valence-corrected chi connectivity index (χ2v) is 5.08. The molecule has 1 aromatic heterocycles. The monoisotopic (exact) mass is 288 g/mol. The lowest BCUT2D eigenvalue weighted by molar-refractivity contribution is 0.102. The zero-order valence-electron chi connectivity index (χ0n) is 10.9. The molecule has 102 valence electrons. The predicted octanol–water partition coefficient (Wildman–Crippen LogP) is 3.23. The maximum Gasteiger partial charge on any atom is 0.255 e. The molecular weight excluding hydrogens is 276 g/mol. The number of halogens is 1. The molecule has 0 unspecified atom stereocenters. The number of amides is 1. The number of nitrogens with one attached hydrogen (secondary N) is 1. The molecule has 0 bridgehead atoms. The summed E-state index contributed by atoms with van der Waals surface area (Å²) in [7, 11) is 0. The van der Waals surface area contributed by atoms with Gasteiger partial charge in [-0.25, -0.2) is 4.98 Å². The largest absolute Gasteiger partial charge is 0.493 e. The molecule has 0 radical (unpaired) electrons. The van der Waals surface area contributed by atoms with E-state index in [9.17, 15) is 4.79 Å². The van der Waals surface area contributed by atoms with Crippen LogP contribution in [0.1, 0.15) is 21.6 Å². The number of carbonyl (C=O) groups is 1. The zero-order chi connectivity index (χ0) is 14.1. The van der Waals surface area contributed by atoms with Crippen molar-refractivity contribution >= 4 is 23.2 Å². The Labute approximate surface area is 121 Å². The number of ether oxygens (including phenoxy) is 1. The third-order valence-corrected chi connectivity index (χ3v) is 3.33. The standard InChI is InChI=1S/C15H13ClN2O2/c1-9-6-11(8-14(16)17-9)15(19)18-12-2-3-13-10(7-12)4-5-20-13/h2-3,6-8H,4-5H2,1H3,(H,18,19). The molecule has 0 aliphatic carbocycles. The third-order valence-electron chi connectivity index (χ3n) is 3.13. The van der Waals surface area contributed by atoms with Crippen LogP contribution in [0.5, 0.6) is 5.75 Å². The number of fused-ring (bicyclic) bond motifs is 1. The van der Waals surface area contributed by atoms with Gasteiger partial charge < -0.3 is 10.1 Å². The van der Waals surface area contributed by atoms with Crippen molar-refractivity contribution in [2.45, 2.75) is 13.3 Å². The molecule has 1 aromatic carbocycles. The van der Waals surface area contributed by atoms with E-state index in [0.29, 0.717) is 23.0 Å². The molecule has 2 heterocycles. The van der Waals surface area contributed by atoms with Crippen LogP contribution in [0.2, 0.25) is 5.15 Å². The lowest BCUT2D eigenvalue weighted by Gasteiger charge is -2.07. The first-order valence-corrected chi connectivity index (χ1v) is 6.71. The second kappa shape index (κ2) is 5.13. The molecular formula is C15H13ClN2O2. The van der Waals surface area contributed by atoms with Crippen molar-refractivity contribution in [1.82, 2.24) is 4.98 Å². The third kappa shape index (κ3) is 2.60. The fourth-order valence-electron chi connectivity index (χ4n) is 2.23. The molecule has 2 aromatic rings. The molecule has 1 aliphatic rings. The molecule has 1 amide bonds. The van der Waals surface area contributed by atoms with Crippen molar-refractivity contribution in [2.24, 2.45) is 0 Å². The summed E-state index contributed by atoms with van der Waals surface area (Å²) >= 11 is 5.87. The average Bonchev–Trinajstić information content (AvgIpc) is 2.85. The van der Waals surface area contributed by atoms with Crippen molar-refractivity contribution in [2.75, 3.05) is 11.9 Å². The maximum absolute atomic E-state index is 12.2. The van der Waals surface area contributed by atoms with Gasteiger partial charge in [-0.05, 0) is 42.8 Å². The van der Waals surface area contributed by atoms with Gasteiger partial charge in [0.15, 0.2) is 0 Å². The van der Waals surface area contributed by atoms with Gasteiger partial charge in [-0.1, -0.05) is 11.6 Å². The Kier molecular flexibility index (Phi) is 3.32. The van der Waals surface area contributed by atoms with Gasteiger partial charge in [0, 0.05) is 23.4 Å². The molecule has 5 heteroatoms. The maximum atomic E-state index is 12.2. The minimum Gasteiger partial charge on any atom is -0.493 e. The molecule has 1 N–H and O–H groups in total. The second-order valence-electron chi connectivity index (χ2n) is 4.70. The summed E-state index contributed by atoms with van der Waals surface area (Å²) < 4.78 is 5.44. The summed E-state index contributed by atoms with van der Waals surface area (Å²) in [6.45, 7) is 2.50. The normalized spacial score (nSPS) is 12.7. The van der Waals surface area contributed by atoms with E-state index in [-0.39, 0.29) is 5.91 Å². The molecule has 4 nitrogen and oxygen atoms in total. The minimum absolute atomic E-state index is 0.198. The number of aryl methyl sites for hydroxylation is 1. The topological polar surface area (TPSA) is 51.2 Å². The van der Waals surface area contributed by atoms with E-state index in [1.807, 2.05) is 18.2 Å². The van der Waals surface area contributed by atoms with E-state index in [1.165, 1.54) is 0 Å². The van der Waals surface area contributed by atoms with E-state index in [4.69, 9.17) is 16.3 Å². The summed E-state index contributed by atoms with van der Waals surface area (Å²) in [5.74, 6) is 0.696. The lowest BCUT2D eigenvalue weighted by atomic mass is 10.1. The van der Waals surface area contributed by atoms with Crippen LogP contribution in [0.15, 0.2) is 30.3 Å². The fourth-order valence-corrected chi connectivity index (χ4v) is 2.48. The summed E-state index contributed by atoms with van der Waals surface area (Å²) in [5, 5.41) is 3.18. The highest BCUT2D eigenvalue weighted by molar-refractivity contribution is 6.29. The van der Waals surface area contributed by atoms with E-state index in [2.05, 4.69) is 10.3 Å². The SMILES string of the molecule is Cc1cc(C(=O)Nc2ccc3c(c2)CCO3)cc(Cl)n1. The smallest absolute Gasteiger partial charge is 0.255 e. The number of nitrogens with zero attached hydrogens (tertiary/aromatic N) is 1. The number of aromatic nitrogens is 1. The van der Waals surface area contributed by atoms with E-state index >= 15 is 0 Å². The highest BCUT2D eigenvalue weighted by Crippen LogP contribution is 2.28. The number of benzene rings is 1. The number of hydrogen-bond donors (Lipinski definition) is 1. The number of pyridine rings is 1. The van der Waals surface area contributed by atoms with Crippen LogP contribution in [0.4, 0.5) is 5.69 Å². The average molecular weight is 289 g/mol. The molecule has 3 rings (SSSR count). The quantitative estimate of drug-likeness (QED) is 0.863. The zero-order valence-corrected chi connectivity index (χ0v) is 11.7. The van der Waals surface area contributed by atoms with Gasteiger partial charge in [0.2, 0.25) is 0 Å². The molecule has 0 atom stereocenters. The Bertz CT molecular complexity index is 665. The molecule has 1 aliphatic heterocycles. The Morgan fingerprint density at radius 1 is 1.35 bits per heavy atom. The van der Waals surface area contributed by atoms with Crippen molar-refractivity contribution in [3.8, 4) is 5.75 Å². The minimum atomic E-state index is -0.198. The Balaban J connectivity index is 1.82. The van der Waals surface area contributed by atoms with Gasteiger partial charge in [-0.15, -0.1) is 0 Å². The van der Waals surface area contributed by atoms with Gasteiger partial charge in [0.1, 0.15) is 10.9 Å². The highest BCUT2D eigenvalue weighted by Gasteiger charge is 2.14. The van der Waals surface area contributed by atoms with Crippen molar-refractivity contribution in [3.63, 3.8) is 0 Å². The van der Waals surface area contributed by atoms with Gasteiger partial charge >= 0.3 is 0 Å². The summed E-state index contributed by atoms with van der Waals surface area (Å²) in [6.07, 6.45) is 0.874. The van der Waals surface area contributed by atoms with Crippen LogP contribution in [0.3, 0.4) is 0 Å². The summed E-state index contributed by atoms with van der Waals surface area (Å²) in [5.41, 5.74) is 3.08. The first-order valence-electron chi connectivity index (χ1n) is 6.33. The summed E-state index contributed by atoms with van der Waals surface area (Å²) in [6, 6.07) is 8.91. The number of carbonyl (C=O) groups excluding carboxylic acids is 1.